The van der Waals surface area contributed by atoms with E-state index in [4.69, 9.17) is 24.6 Å². The molecule has 0 saturated carbocycles. The summed E-state index contributed by atoms with van der Waals surface area (Å²) in [4.78, 5) is 16.7. The Balaban J connectivity index is 1.49. The van der Waals surface area contributed by atoms with Gasteiger partial charge in [0.25, 0.3) is 5.91 Å². The molecule has 8 heteroatoms. The van der Waals surface area contributed by atoms with Gasteiger partial charge in [-0.25, -0.2) is 4.98 Å². The van der Waals surface area contributed by atoms with Crippen molar-refractivity contribution >= 4 is 17.2 Å². The standard InChI is InChI=1S/C22H19N3O4S/c1-13-15(21(23)26)9-17(25(13)10-14-5-4-8-27-14)16-12-30-22(24-16)20-11-28-18-6-2-3-7-19(18)29-20/h2-9,12,20H,10-11H2,1H3,(H2,23,26). The van der Waals surface area contributed by atoms with Crippen LogP contribution < -0.4 is 15.2 Å². The van der Waals surface area contributed by atoms with E-state index in [9.17, 15) is 4.79 Å². The van der Waals surface area contributed by atoms with Crippen LogP contribution in [0.1, 0.15) is 32.9 Å². The van der Waals surface area contributed by atoms with Gasteiger partial charge in [-0.05, 0) is 37.3 Å². The number of furan rings is 1. The van der Waals surface area contributed by atoms with E-state index in [0.29, 0.717) is 24.5 Å². The largest absolute Gasteiger partial charge is 0.485 e. The number of aromatic nitrogens is 2. The summed E-state index contributed by atoms with van der Waals surface area (Å²) in [5, 5.41) is 2.76. The smallest absolute Gasteiger partial charge is 0.250 e. The third-order valence-electron chi connectivity index (χ3n) is 5.09. The van der Waals surface area contributed by atoms with Crippen molar-refractivity contribution in [3.05, 3.63) is 76.1 Å². The molecule has 5 rings (SSSR count). The fraction of sp³-hybridized carbons (Fsp3) is 0.182. The minimum atomic E-state index is -0.469. The second kappa shape index (κ2) is 7.38. The molecule has 0 aliphatic carbocycles. The van der Waals surface area contributed by atoms with Crippen molar-refractivity contribution in [2.75, 3.05) is 6.61 Å². The molecule has 1 aliphatic heterocycles. The van der Waals surface area contributed by atoms with E-state index in [1.165, 1.54) is 11.3 Å². The molecule has 152 valence electrons. The van der Waals surface area contributed by atoms with Crippen molar-refractivity contribution in [1.29, 1.82) is 0 Å². The van der Waals surface area contributed by atoms with Crippen molar-refractivity contribution < 1.29 is 18.7 Å². The molecule has 30 heavy (non-hydrogen) atoms. The Bertz CT molecular complexity index is 1210. The van der Waals surface area contributed by atoms with Crippen LogP contribution in [0.2, 0.25) is 0 Å². The zero-order valence-electron chi connectivity index (χ0n) is 16.2. The van der Waals surface area contributed by atoms with Crippen LogP contribution in [0.3, 0.4) is 0 Å². The lowest BCUT2D eigenvalue weighted by atomic mass is 10.2. The first-order chi connectivity index (χ1) is 14.6. The number of benzene rings is 1. The summed E-state index contributed by atoms with van der Waals surface area (Å²) in [5.74, 6) is 1.75. The van der Waals surface area contributed by atoms with Gasteiger partial charge in [-0.1, -0.05) is 12.1 Å². The number of fused-ring (bicyclic) bond motifs is 1. The first-order valence-electron chi connectivity index (χ1n) is 9.46. The van der Waals surface area contributed by atoms with Gasteiger partial charge in [-0.3, -0.25) is 4.79 Å². The van der Waals surface area contributed by atoms with Gasteiger partial charge in [0, 0.05) is 11.1 Å². The number of ether oxygens (including phenoxy) is 2. The summed E-state index contributed by atoms with van der Waals surface area (Å²) >= 11 is 1.50. The average molecular weight is 421 g/mol. The van der Waals surface area contributed by atoms with Gasteiger partial charge in [0.15, 0.2) is 17.6 Å². The quantitative estimate of drug-likeness (QED) is 0.522. The van der Waals surface area contributed by atoms with Crippen LogP contribution in [-0.2, 0) is 6.54 Å². The molecule has 4 heterocycles. The van der Waals surface area contributed by atoms with Gasteiger partial charge in [-0.15, -0.1) is 11.3 Å². The van der Waals surface area contributed by atoms with Gasteiger partial charge < -0.3 is 24.2 Å². The molecule has 2 N–H and O–H groups in total. The van der Waals surface area contributed by atoms with Crippen LogP contribution in [0, 0.1) is 6.92 Å². The van der Waals surface area contributed by atoms with Crippen molar-refractivity contribution in [2.24, 2.45) is 5.73 Å². The van der Waals surface area contributed by atoms with Gasteiger partial charge in [0.2, 0.25) is 0 Å². The molecule has 0 bridgehead atoms. The first-order valence-corrected chi connectivity index (χ1v) is 10.3. The monoisotopic (exact) mass is 421 g/mol. The fourth-order valence-corrected chi connectivity index (χ4v) is 4.39. The maximum absolute atomic E-state index is 11.9. The molecule has 0 radical (unpaired) electrons. The lowest BCUT2D eigenvalue weighted by Gasteiger charge is -2.24. The van der Waals surface area contributed by atoms with E-state index >= 15 is 0 Å². The highest BCUT2D eigenvalue weighted by Crippen LogP contribution is 2.38. The molecule has 0 fully saturated rings. The first kappa shape index (κ1) is 18.5. The molecular weight excluding hydrogens is 402 g/mol. The Labute approximate surface area is 176 Å². The second-order valence-corrected chi connectivity index (χ2v) is 7.88. The molecule has 3 aromatic heterocycles. The molecule has 1 unspecified atom stereocenters. The Morgan fingerprint density at radius 1 is 1.27 bits per heavy atom. The van der Waals surface area contributed by atoms with Gasteiger partial charge in [0.05, 0.1) is 29.8 Å². The SMILES string of the molecule is Cc1c(C(N)=O)cc(-c2csc(C3COc4ccccc4O3)n2)n1Cc1ccco1. The topological polar surface area (TPSA) is 92.5 Å². The predicted molar refractivity (Wildman–Crippen MR) is 112 cm³/mol. The van der Waals surface area contributed by atoms with E-state index < -0.39 is 5.91 Å². The van der Waals surface area contributed by atoms with Crippen LogP contribution >= 0.6 is 11.3 Å². The number of carbonyl (C=O) groups excluding carboxylic acids is 1. The zero-order chi connectivity index (χ0) is 20.7. The van der Waals surface area contributed by atoms with Gasteiger partial charge in [-0.2, -0.15) is 0 Å². The number of amides is 1. The van der Waals surface area contributed by atoms with Crippen molar-refractivity contribution in [2.45, 2.75) is 19.6 Å². The second-order valence-electron chi connectivity index (χ2n) is 6.99. The third kappa shape index (κ3) is 3.25. The molecule has 1 amide bonds. The van der Waals surface area contributed by atoms with E-state index in [1.807, 2.05) is 53.3 Å². The average Bonchev–Trinajstić information content (AvgIpc) is 3.49. The highest BCUT2D eigenvalue weighted by molar-refractivity contribution is 7.10. The van der Waals surface area contributed by atoms with Crippen LogP contribution in [0.5, 0.6) is 11.5 Å². The van der Waals surface area contributed by atoms with Crippen LogP contribution in [0.25, 0.3) is 11.4 Å². The highest BCUT2D eigenvalue weighted by atomic mass is 32.1. The minimum absolute atomic E-state index is 0.288. The fourth-order valence-electron chi connectivity index (χ4n) is 3.56. The number of rotatable bonds is 5. The minimum Gasteiger partial charge on any atom is -0.485 e. The van der Waals surface area contributed by atoms with E-state index in [-0.39, 0.29) is 6.10 Å². The number of primary amides is 1. The Morgan fingerprint density at radius 3 is 2.87 bits per heavy atom. The molecule has 1 atom stereocenters. The normalized spacial score (nSPS) is 15.3. The summed E-state index contributed by atoms with van der Waals surface area (Å²) in [6.45, 7) is 2.74. The molecule has 0 spiro atoms. The number of hydrogen-bond donors (Lipinski definition) is 1. The summed E-state index contributed by atoms with van der Waals surface area (Å²) < 4.78 is 19.4. The molecule has 1 aromatic carbocycles. The van der Waals surface area contributed by atoms with E-state index in [0.717, 1.165) is 33.6 Å². The molecular formula is C22H19N3O4S. The summed E-state index contributed by atoms with van der Waals surface area (Å²) in [5.41, 5.74) is 8.38. The molecule has 4 aromatic rings. The van der Waals surface area contributed by atoms with Crippen molar-refractivity contribution in [1.82, 2.24) is 9.55 Å². The lowest BCUT2D eigenvalue weighted by molar-refractivity contribution is 0.0911. The Morgan fingerprint density at radius 2 is 2.10 bits per heavy atom. The summed E-state index contributed by atoms with van der Waals surface area (Å²) in [6.07, 6.45) is 1.34. The maximum atomic E-state index is 11.9. The Kier molecular flexibility index (Phi) is 4.55. The van der Waals surface area contributed by atoms with Crippen LogP contribution in [-0.4, -0.2) is 22.1 Å². The maximum Gasteiger partial charge on any atom is 0.250 e. The van der Waals surface area contributed by atoms with E-state index in [1.54, 1.807) is 12.3 Å². The van der Waals surface area contributed by atoms with Crippen LogP contribution in [0.15, 0.2) is 58.5 Å². The number of carbonyl (C=O) groups is 1. The number of hydrogen-bond acceptors (Lipinski definition) is 6. The Hall–Kier alpha value is -3.52. The van der Waals surface area contributed by atoms with Gasteiger partial charge >= 0.3 is 0 Å². The number of thiazole rings is 1. The number of nitrogens with zero attached hydrogens (tertiary/aromatic N) is 2. The van der Waals surface area contributed by atoms with Gasteiger partial charge in [0.1, 0.15) is 17.4 Å². The molecule has 7 nitrogen and oxygen atoms in total. The highest BCUT2D eigenvalue weighted by Gasteiger charge is 2.26. The van der Waals surface area contributed by atoms with Crippen molar-refractivity contribution in [3.63, 3.8) is 0 Å². The zero-order valence-corrected chi connectivity index (χ0v) is 17.0. The van der Waals surface area contributed by atoms with Crippen LogP contribution in [0.4, 0.5) is 0 Å². The predicted octanol–water partition coefficient (Wildman–Crippen LogP) is 4.17. The van der Waals surface area contributed by atoms with Crippen molar-refractivity contribution in [3.8, 4) is 22.9 Å². The summed E-state index contributed by atoms with van der Waals surface area (Å²) in [7, 11) is 0. The lowest BCUT2D eigenvalue weighted by Crippen LogP contribution is -2.21. The number of para-hydroxylation sites is 2. The molecule has 1 aliphatic rings. The third-order valence-corrected chi connectivity index (χ3v) is 6.03. The number of nitrogens with two attached hydrogens (primary N) is 1. The van der Waals surface area contributed by atoms with E-state index in [2.05, 4.69) is 0 Å². The molecule has 0 saturated heterocycles. The summed E-state index contributed by atoms with van der Waals surface area (Å²) in [6, 6.07) is 13.1.